The first-order chi connectivity index (χ1) is 15.9. The molecule has 33 heavy (non-hydrogen) atoms. The van der Waals surface area contributed by atoms with Crippen molar-refractivity contribution in [1.29, 1.82) is 0 Å². The van der Waals surface area contributed by atoms with E-state index in [1.54, 1.807) is 13.3 Å². The third kappa shape index (κ3) is 4.46. The molecule has 0 bridgehead atoms. The van der Waals surface area contributed by atoms with Crippen LogP contribution in [0.15, 0.2) is 42.6 Å². The summed E-state index contributed by atoms with van der Waals surface area (Å²) in [6.07, 6.45) is 5.03. The Labute approximate surface area is 193 Å². The third-order valence-corrected chi connectivity index (χ3v) is 6.60. The van der Waals surface area contributed by atoms with Crippen molar-refractivity contribution < 1.29 is 24.2 Å². The van der Waals surface area contributed by atoms with Crippen LogP contribution < -0.4 is 4.74 Å². The summed E-state index contributed by atoms with van der Waals surface area (Å²) in [6.45, 7) is 3.49. The lowest BCUT2D eigenvalue weighted by atomic mass is 9.98. The lowest BCUT2D eigenvalue weighted by Crippen LogP contribution is -2.28. The highest BCUT2D eigenvalue weighted by Gasteiger charge is 2.26. The SMILES string of the molecule is COC(=O)c1ccc(C2CCCCCN2Cc2c(OC)cc(C)c3c2ccn3C(=O)O)cc1. The Balaban J connectivity index is 1.73. The van der Waals surface area contributed by atoms with Crippen LogP contribution >= 0.6 is 0 Å². The zero-order valence-corrected chi connectivity index (χ0v) is 19.3. The molecule has 7 heteroatoms. The molecule has 0 radical (unpaired) electrons. The van der Waals surface area contributed by atoms with Crippen LogP contribution in [0, 0.1) is 6.92 Å². The van der Waals surface area contributed by atoms with Crippen LogP contribution in [-0.2, 0) is 11.3 Å². The molecule has 1 fully saturated rings. The van der Waals surface area contributed by atoms with Crippen molar-refractivity contribution >= 4 is 23.0 Å². The highest BCUT2D eigenvalue weighted by atomic mass is 16.5. The van der Waals surface area contributed by atoms with E-state index in [1.807, 2.05) is 43.3 Å². The number of esters is 1. The Kier molecular flexibility index (Phi) is 6.70. The average Bonchev–Trinajstić information content (AvgIpc) is 3.15. The fraction of sp³-hybridized carbons (Fsp3) is 0.385. The van der Waals surface area contributed by atoms with E-state index >= 15 is 0 Å². The molecule has 2 aromatic carbocycles. The van der Waals surface area contributed by atoms with Crippen molar-refractivity contribution in [2.24, 2.45) is 0 Å². The van der Waals surface area contributed by atoms with Gasteiger partial charge in [-0.1, -0.05) is 25.0 Å². The maximum Gasteiger partial charge on any atom is 0.416 e. The number of ether oxygens (including phenoxy) is 2. The van der Waals surface area contributed by atoms with Gasteiger partial charge in [-0.15, -0.1) is 0 Å². The molecular weight excluding hydrogens is 420 g/mol. The van der Waals surface area contributed by atoms with E-state index in [4.69, 9.17) is 9.47 Å². The lowest BCUT2D eigenvalue weighted by Gasteiger charge is -2.31. The summed E-state index contributed by atoms with van der Waals surface area (Å²) < 4.78 is 11.8. The first-order valence-electron chi connectivity index (χ1n) is 11.3. The minimum atomic E-state index is -0.998. The quantitative estimate of drug-likeness (QED) is 0.525. The van der Waals surface area contributed by atoms with E-state index in [-0.39, 0.29) is 12.0 Å². The number of nitrogens with zero attached hydrogens (tertiary/aromatic N) is 2. The number of aromatic nitrogens is 1. The van der Waals surface area contributed by atoms with Crippen LogP contribution in [0.1, 0.15) is 58.8 Å². The number of aryl methyl sites for hydroxylation is 1. The van der Waals surface area contributed by atoms with Crippen molar-refractivity contribution in [3.8, 4) is 5.75 Å². The van der Waals surface area contributed by atoms with Gasteiger partial charge in [0.15, 0.2) is 0 Å². The van der Waals surface area contributed by atoms with Crippen LogP contribution in [0.3, 0.4) is 0 Å². The Morgan fingerprint density at radius 1 is 1.09 bits per heavy atom. The largest absolute Gasteiger partial charge is 0.496 e. The van der Waals surface area contributed by atoms with E-state index in [0.717, 1.165) is 53.6 Å². The van der Waals surface area contributed by atoms with Gasteiger partial charge in [0.05, 0.1) is 25.3 Å². The molecule has 0 saturated carbocycles. The first-order valence-corrected chi connectivity index (χ1v) is 11.3. The van der Waals surface area contributed by atoms with Gasteiger partial charge >= 0.3 is 12.1 Å². The second-order valence-electron chi connectivity index (χ2n) is 8.55. The van der Waals surface area contributed by atoms with Gasteiger partial charge in [-0.3, -0.25) is 9.47 Å². The Morgan fingerprint density at radius 3 is 2.52 bits per heavy atom. The average molecular weight is 451 g/mol. The number of carboxylic acid groups (broad SMARTS) is 1. The van der Waals surface area contributed by atoms with E-state index in [2.05, 4.69) is 4.90 Å². The highest BCUT2D eigenvalue weighted by molar-refractivity contribution is 5.94. The number of hydrogen-bond donors (Lipinski definition) is 1. The van der Waals surface area contributed by atoms with Gasteiger partial charge in [-0.2, -0.15) is 0 Å². The van der Waals surface area contributed by atoms with Gasteiger partial charge in [0.2, 0.25) is 0 Å². The molecule has 2 heterocycles. The standard InChI is InChI=1S/C26H30N2O5/c1-17-15-23(32-2)21(20-12-14-28(24(17)20)26(30)31)16-27-13-6-4-5-7-22(27)18-8-10-19(11-9-18)25(29)33-3/h8-12,14-15,22H,4-7,13,16H2,1-3H3,(H,30,31). The normalized spacial score (nSPS) is 17.0. The Hall–Kier alpha value is -3.32. The van der Waals surface area contributed by atoms with Crippen molar-refractivity contribution in [1.82, 2.24) is 9.47 Å². The summed E-state index contributed by atoms with van der Waals surface area (Å²) >= 11 is 0. The van der Waals surface area contributed by atoms with Crippen LogP contribution in [0.2, 0.25) is 0 Å². The van der Waals surface area contributed by atoms with Gasteiger partial charge < -0.3 is 14.6 Å². The lowest BCUT2D eigenvalue weighted by molar-refractivity contribution is 0.0600. The number of methoxy groups -OCH3 is 2. The predicted octanol–water partition coefficient (Wildman–Crippen LogP) is 5.39. The molecule has 0 spiro atoms. The smallest absolute Gasteiger partial charge is 0.416 e. The van der Waals surface area contributed by atoms with E-state index in [0.29, 0.717) is 17.6 Å². The molecule has 1 aliphatic heterocycles. The number of rotatable bonds is 5. The summed E-state index contributed by atoms with van der Waals surface area (Å²) in [5, 5.41) is 10.5. The predicted molar refractivity (Wildman–Crippen MR) is 126 cm³/mol. The maximum atomic E-state index is 11.8. The molecule has 0 amide bonds. The monoisotopic (exact) mass is 450 g/mol. The molecule has 0 aliphatic carbocycles. The number of likely N-dealkylation sites (tertiary alicyclic amines) is 1. The zero-order chi connectivity index (χ0) is 23.5. The van der Waals surface area contributed by atoms with E-state index in [9.17, 15) is 14.7 Å². The summed E-state index contributed by atoms with van der Waals surface area (Å²) in [7, 11) is 3.04. The summed E-state index contributed by atoms with van der Waals surface area (Å²) in [5.41, 5.74) is 4.26. The fourth-order valence-corrected chi connectivity index (χ4v) is 4.96. The van der Waals surface area contributed by atoms with E-state index in [1.165, 1.54) is 18.1 Å². The Bertz CT molecular complexity index is 1170. The molecule has 174 valence electrons. The molecule has 1 unspecified atom stereocenters. The number of carbonyl (C=O) groups excluding carboxylic acids is 1. The number of benzene rings is 2. The zero-order valence-electron chi connectivity index (χ0n) is 19.3. The van der Waals surface area contributed by atoms with Crippen LogP contribution in [0.5, 0.6) is 5.75 Å². The molecule has 1 aliphatic rings. The van der Waals surface area contributed by atoms with Gasteiger partial charge in [-0.05, 0) is 61.7 Å². The Morgan fingerprint density at radius 2 is 1.85 bits per heavy atom. The molecule has 1 atom stereocenters. The van der Waals surface area contributed by atoms with Crippen molar-refractivity contribution in [2.45, 2.75) is 45.2 Å². The van der Waals surface area contributed by atoms with Crippen molar-refractivity contribution in [3.63, 3.8) is 0 Å². The van der Waals surface area contributed by atoms with Gasteiger partial charge in [-0.25, -0.2) is 9.59 Å². The molecule has 4 rings (SSSR count). The van der Waals surface area contributed by atoms with Crippen LogP contribution in [0.4, 0.5) is 4.79 Å². The molecule has 1 aromatic heterocycles. The third-order valence-electron chi connectivity index (χ3n) is 6.60. The highest BCUT2D eigenvalue weighted by Crippen LogP contribution is 2.37. The molecule has 7 nitrogen and oxygen atoms in total. The molecular formula is C26H30N2O5. The molecule has 3 aromatic rings. The summed E-state index contributed by atoms with van der Waals surface area (Å²) in [5.74, 6) is 0.432. The van der Waals surface area contributed by atoms with E-state index < -0.39 is 6.09 Å². The van der Waals surface area contributed by atoms with Crippen molar-refractivity contribution in [2.75, 3.05) is 20.8 Å². The van der Waals surface area contributed by atoms with Crippen LogP contribution in [-0.4, -0.2) is 47.4 Å². The maximum absolute atomic E-state index is 11.8. The van der Waals surface area contributed by atoms with Gasteiger partial charge in [0, 0.05) is 29.7 Å². The van der Waals surface area contributed by atoms with Gasteiger partial charge in [0.25, 0.3) is 0 Å². The minimum absolute atomic E-state index is 0.196. The topological polar surface area (TPSA) is 81.0 Å². The molecule has 1 N–H and O–H groups in total. The fourth-order valence-electron chi connectivity index (χ4n) is 4.96. The summed E-state index contributed by atoms with van der Waals surface area (Å²) in [4.78, 5) is 26.0. The second kappa shape index (κ2) is 9.67. The first kappa shape index (κ1) is 22.9. The molecule has 1 saturated heterocycles. The van der Waals surface area contributed by atoms with Crippen molar-refractivity contribution in [3.05, 3.63) is 64.8 Å². The number of fused-ring (bicyclic) bond motifs is 1. The minimum Gasteiger partial charge on any atom is -0.496 e. The summed E-state index contributed by atoms with van der Waals surface area (Å²) in [6, 6.07) is 11.7. The number of carbonyl (C=O) groups is 2. The van der Waals surface area contributed by atoms with Crippen LogP contribution in [0.25, 0.3) is 10.9 Å². The van der Waals surface area contributed by atoms with Gasteiger partial charge in [0.1, 0.15) is 5.75 Å². The second-order valence-corrected chi connectivity index (χ2v) is 8.55. The number of hydrogen-bond acceptors (Lipinski definition) is 5.